The van der Waals surface area contributed by atoms with Gasteiger partial charge in [0.25, 0.3) is 0 Å². The van der Waals surface area contributed by atoms with Gasteiger partial charge in [-0.3, -0.25) is 0 Å². The molecule has 0 aromatic heterocycles. The number of methoxy groups -OCH3 is 1. The van der Waals surface area contributed by atoms with Gasteiger partial charge in [-0.1, -0.05) is 66.2 Å². The fourth-order valence-corrected chi connectivity index (χ4v) is 3.52. The third kappa shape index (κ3) is 3.41. The number of hydrogen-bond donors (Lipinski definition) is 0. The number of allylic oxidation sites excluding steroid dienone is 1. The number of hydrogen-bond acceptors (Lipinski definition) is 3. The first kappa shape index (κ1) is 18.3. The monoisotopic (exact) mass is 387 g/mol. The summed E-state index contributed by atoms with van der Waals surface area (Å²) in [7, 11) is 1.64. The molecule has 0 amide bonds. The highest BCUT2D eigenvalue weighted by Crippen LogP contribution is 2.59. The SMILES string of the molecule is COc1ccc([C@@H]2O[C@]2(/C=C(\C#N)c2ccc(Cl)cc2)c2ccccc2)cc1. The maximum absolute atomic E-state index is 9.79. The molecule has 4 heteroatoms. The summed E-state index contributed by atoms with van der Waals surface area (Å²) in [4.78, 5) is 0. The van der Waals surface area contributed by atoms with Crippen LogP contribution in [0.4, 0.5) is 0 Å². The van der Waals surface area contributed by atoms with Gasteiger partial charge in [-0.05, 0) is 47.0 Å². The van der Waals surface area contributed by atoms with Gasteiger partial charge in [0.15, 0.2) is 0 Å². The number of rotatable bonds is 5. The molecular weight excluding hydrogens is 370 g/mol. The summed E-state index contributed by atoms with van der Waals surface area (Å²) < 4.78 is 11.5. The van der Waals surface area contributed by atoms with Crippen LogP contribution in [0.1, 0.15) is 22.8 Å². The number of nitrogens with zero attached hydrogens (tertiary/aromatic N) is 1. The molecule has 28 heavy (non-hydrogen) atoms. The average Bonchev–Trinajstić information content (AvgIpc) is 3.49. The lowest BCUT2D eigenvalue weighted by molar-refractivity contribution is 0.335. The molecular formula is C24H18ClNO2. The minimum atomic E-state index is -0.680. The first-order valence-corrected chi connectivity index (χ1v) is 9.30. The molecule has 1 saturated heterocycles. The molecule has 1 aliphatic heterocycles. The Morgan fingerprint density at radius 3 is 2.32 bits per heavy atom. The summed E-state index contributed by atoms with van der Waals surface area (Å²) in [5, 5.41) is 10.4. The van der Waals surface area contributed by atoms with Crippen LogP contribution in [0.25, 0.3) is 5.57 Å². The topological polar surface area (TPSA) is 45.5 Å². The van der Waals surface area contributed by atoms with Crippen molar-refractivity contribution in [2.75, 3.05) is 7.11 Å². The third-order valence-corrected chi connectivity index (χ3v) is 5.18. The van der Waals surface area contributed by atoms with E-state index in [1.165, 1.54) is 0 Å². The smallest absolute Gasteiger partial charge is 0.144 e. The third-order valence-electron chi connectivity index (χ3n) is 4.92. The molecule has 4 rings (SSSR count). The normalized spacial score (nSPS) is 21.0. The molecule has 0 radical (unpaired) electrons. The molecule has 0 bridgehead atoms. The van der Waals surface area contributed by atoms with Crippen LogP contribution in [0.3, 0.4) is 0 Å². The predicted molar refractivity (Wildman–Crippen MR) is 110 cm³/mol. The number of benzene rings is 3. The minimum Gasteiger partial charge on any atom is -0.497 e. The Labute approximate surface area is 169 Å². The number of ether oxygens (including phenoxy) is 2. The maximum atomic E-state index is 9.79. The average molecular weight is 388 g/mol. The molecule has 0 aliphatic carbocycles. The first-order valence-electron chi connectivity index (χ1n) is 8.92. The Kier molecular flexibility index (Phi) is 4.92. The van der Waals surface area contributed by atoms with Crippen molar-refractivity contribution < 1.29 is 9.47 Å². The van der Waals surface area contributed by atoms with E-state index in [2.05, 4.69) is 6.07 Å². The minimum absolute atomic E-state index is 0.170. The Morgan fingerprint density at radius 2 is 1.71 bits per heavy atom. The lowest BCUT2D eigenvalue weighted by Gasteiger charge is -2.11. The number of halogens is 1. The van der Waals surface area contributed by atoms with Gasteiger partial charge in [0.2, 0.25) is 0 Å². The van der Waals surface area contributed by atoms with Crippen LogP contribution in [0, 0.1) is 11.3 Å². The van der Waals surface area contributed by atoms with E-state index in [9.17, 15) is 5.26 Å². The number of epoxide rings is 1. The summed E-state index contributed by atoms with van der Waals surface area (Å²) in [6.45, 7) is 0. The van der Waals surface area contributed by atoms with Crippen LogP contribution in [-0.4, -0.2) is 7.11 Å². The van der Waals surface area contributed by atoms with E-state index < -0.39 is 5.60 Å². The lowest BCUT2D eigenvalue weighted by atomic mass is 9.88. The van der Waals surface area contributed by atoms with Gasteiger partial charge in [-0.15, -0.1) is 0 Å². The van der Waals surface area contributed by atoms with E-state index in [1.54, 1.807) is 19.2 Å². The van der Waals surface area contributed by atoms with Crippen LogP contribution in [-0.2, 0) is 10.3 Å². The summed E-state index contributed by atoms with van der Waals surface area (Å²) >= 11 is 5.99. The molecule has 0 N–H and O–H groups in total. The second kappa shape index (κ2) is 7.52. The molecule has 0 saturated carbocycles. The van der Waals surface area contributed by atoms with Gasteiger partial charge in [0.05, 0.1) is 18.8 Å². The van der Waals surface area contributed by atoms with Gasteiger partial charge >= 0.3 is 0 Å². The quantitative estimate of drug-likeness (QED) is 0.403. The summed E-state index contributed by atoms with van der Waals surface area (Å²) in [5.41, 5.74) is 2.73. The second-order valence-corrected chi connectivity index (χ2v) is 7.04. The van der Waals surface area contributed by atoms with Gasteiger partial charge < -0.3 is 9.47 Å². The van der Waals surface area contributed by atoms with Crippen LogP contribution in [0.15, 0.2) is 84.9 Å². The first-order chi connectivity index (χ1) is 13.7. The molecule has 1 fully saturated rings. The Morgan fingerprint density at radius 1 is 1.04 bits per heavy atom. The predicted octanol–water partition coefficient (Wildman–Crippen LogP) is 5.92. The Bertz CT molecular complexity index is 1040. The van der Waals surface area contributed by atoms with Crippen molar-refractivity contribution in [1.82, 2.24) is 0 Å². The van der Waals surface area contributed by atoms with Crippen molar-refractivity contribution in [3.05, 3.63) is 107 Å². The van der Waals surface area contributed by atoms with E-state index in [-0.39, 0.29) is 6.10 Å². The standard InChI is InChI=1S/C24H18ClNO2/c1-27-22-13-9-18(10-14-22)23-24(28-23,20-5-3-2-4-6-20)15-19(16-26)17-7-11-21(25)12-8-17/h2-15,23H,1H3/b19-15+/t23-,24+/m0/s1. The molecule has 3 nitrogen and oxygen atoms in total. The summed E-state index contributed by atoms with van der Waals surface area (Å²) in [5.74, 6) is 0.795. The fourth-order valence-electron chi connectivity index (χ4n) is 3.39. The highest BCUT2D eigenvalue weighted by Gasteiger charge is 2.57. The molecule has 1 aliphatic rings. The van der Waals surface area contributed by atoms with E-state index in [4.69, 9.17) is 21.1 Å². The lowest BCUT2D eigenvalue weighted by Crippen LogP contribution is -2.07. The van der Waals surface area contributed by atoms with Crippen LogP contribution in [0.5, 0.6) is 5.75 Å². The van der Waals surface area contributed by atoms with E-state index in [1.807, 2.05) is 72.8 Å². The van der Waals surface area contributed by atoms with Crippen molar-refractivity contribution in [2.45, 2.75) is 11.7 Å². The van der Waals surface area contributed by atoms with Gasteiger partial charge in [-0.2, -0.15) is 5.26 Å². The van der Waals surface area contributed by atoms with Crippen molar-refractivity contribution >= 4 is 17.2 Å². The van der Waals surface area contributed by atoms with Crippen molar-refractivity contribution in [2.24, 2.45) is 0 Å². The maximum Gasteiger partial charge on any atom is 0.144 e. The summed E-state index contributed by atoms with van der Waals surface area (Å²) in [6.07, 6.45) is 1.75. The fraction of sp³-hybridized carbons (Fsp3) is 0.125. The highest BCUT2D eigenvalue weighted by atomic mass is 35.5. The zero-order chi connectivity index (χ0) is 19.6. The second-order valence-electron chi connectivity index (χ2n) is 6.61. The molecule has 2 atom stereocenters. The largest absolute Gasteiger partial charge is 0.497 e. The van der Waals surface area contributed by atoms with Crippen molar-refractivity contribution in [1.29, 1.82) is 5.26 Å². The molecule has 3 aromatic rings. The van der Waals surface area contributed by atoms with Crippen LogP contribution >= 0.6 is 11.6 Å². The van der Waals surface area contributed by atoms with Crippen molar-refractivity contribution in [3.8, 4) is 11.8 Å². The van der Waals surface area contributed by atoms with E-state index in [0.29, 0.717) is 10.6 Å². The molecule has 0 spiro atoms. The van der Waals surface area contributed by atoms with Gasteiger partial charge in [0, 0.05) is 5.02 Å². The van der Waals surface area contributed by atoms with Gasteiger partial charge in [0.1, 0.15) is 17.5 Å². The molecule has 0 unspecified atom stereocenters. The van der Waals surface area contributed by atoms with Crippen LogP contribution in [0.2, 0.25) is 5.02 Å². The molecule has 3 aromatic carbocycles. The Hall–Kier alpha value is -3.06. The number of nitriles is 1. The zero-order valence-electron chi connectivity index (χ0n) is 15.3. The Balaban J connectivity index is 1.77. The van der Waals surface area contributed by atoms with Gasteiger partial charge in [-0.25, -0.2) is 0 Å². The highest BCUT2D eigenvalue weighted by molar-refractivity contribution is 6.30. The summed E-state index contributed by atoms with van der Waals surface area (Å²) in [6, 6.07) is 27.4. The van der Waals surface area contributed by atoms with Crippen LogP contribution < -0.4 is 4.74 Å². The van der Waals surface area contributed by atoms with Crippen molar-refractivity contribution in [3.63, 3.8) is 0 Å². The van der Waals surface area contributed by atoms with E-state index >= 15 is 0 Å². The zero-order valence-corrected chi connectivity index (χ0v) is 16.1. The van der Waals surface area contributed by atoms with E-state index in [0.717, 1.165) is 22.4 Å². The molecule has 1 heterocycles. The molecule has 138 valence electrons.